The summed E-state index contributed by atoms with van der Waals surface area (Å²) in [6.07, 6.45) is 2.52. The maximum absolute atomic E-state index is 12.5. The summed E-state index contributed by atoms with van der Waals surface area (Å²) in [7, 11) is 0. The number of hydrogen-bond donors (Lipinski definition) is 1. The highest BCUT2D eigenvalue weighted by atomic mass is 79.9. The van der Waals surface area contributed by atoms with Crippen molar-refractivity contribution in [2.45, 2.75) is 19.8 Å². The molecule has 7 heteroatoms. The van der Waals surface area contributed by atoms with Crippen LogP contribution in [0.1, 0.15) is 29.0 Å². The molecule has 1 N–H and O–H groups in total. The van der Waals surface area contributed by atoms with Crippen LogP contribution in [-0.4, -0.2) is 42.1 Å². The molecule has 118 valence electrons. The zero-order chi connectivity index (χ0) is 15.5. The Labute approximate surface area is 141 Å². The quantitative estimate of drug-likeness (QED) is 0.860. The van der Waals surface area contributed by atoms with Gasteiger partial charge in [0.25, 0.3) is 5.91 Å². The predicted molar refractivity (Wildman–Crippen MR) is 90.3 cm³/mol. The van der Waals surface area contributed by atoms with E-state index in [1.165, 1.54) is 24.2 Å². The Hall–Kier alpha value is -1.18. The lowest BCUT2D eigenvalue weighted by atomic mass is 10.1. The van der Waals surface area contributed by atoms with Crippen molar-refractivity contribution < 1.29 is 9.32 Å². The first-order chi connectivity index (χ1) is 10.6. The SMILES string of the molecule is Cc1onc(-c2ccc(Br)s2)c1C(=O)NCCN1CCCC1. The van der Waals surface area contributed by atoms with Crippen LogP contribution in [0.25, 0.3) is 10.6 Å². The fraction of sp³-hybridized carbons (Fsp3) is 0.467. The van der Waals surface area contributed by atoms with Gasteiger partial charge in [0.05, 0.1) is 8.66 Å². The van der Waals surface area contributed by atoms with Crippen LogP contribution < -0.4 is 5.32 Å². The largest absolute Gasteiger partial charge is 0.360 e. The van der Waals surface area contributed by atoms with Gasteiger partial charge in [0, 0.05) is 13.1 Å². The van der Waals surface area contributed by atoms with Gasteiger partial charge in [-0.05, 0) is 60.9 Å². The van der Waals surface area contributed by atoms with Gasteiger partial charge in [-0.3, -0.25) is 4.79 Å². The maximum atomic E-state index is 12.5. The van der Waals surface area contributed by atoms with Crippen molar-refractivity contribution >= 4 is 33.2 Å². The van der Waals surface area contributed by atoms with E-state index in [9.17, 15) is 4.79 Å². The van der Waals surface area contributed by atoms with E-state index in [0.717, 1.165) is 28.3 Å². The minimum Gasteiger partial charge on any atom is -0.360 e. The molecule has 0 aliphatic carbocycles. The molecule has 3 heterocycles. The number of carbonyl (C=O) groups is 1. The normalized spacial score (nSPS) is 15.4. The first-order valence-corrected chi connectivity index (χ1v) is 8.98. The first kappa shape index (κ1) is 15.7. The zero-order valence-electron chi connectivity index (χ0n) is 12.4. The summed E-state index contributed by atoms with van der Waals surface area (Å²) in [6, 6.07) is 3.88. The molecule has 1 saturated heterocycles. The second-order valence-corrected chi connectivity index (χ2v) is 7.83. The molecule has 0 saturated carbocycles. The molecule has 1 aliphatic rings. The first-order valence-electron chi connectivity index (χ1n) is 7.37. The molecular weight excluding hydrogens is 366 g/mol. The van der Waals surface area contributed by atoms with Gasteiger partial charge in [0.2, 0.25) is 0 Å². The van der Waals surface area contributed by atoms with Gasteiger partial charge in [0.1, 0.15) is 17.0 Å². The van der Waals surface area contributed by atoms with Crippen LogP contribution in [0.4, 0.5) is 0 Å². The van der Waals surface area contributed by atoms with Crippen LogP contribution in [0, 0.1) is 6.92 Å². The van der Waals surface area contributed by atoms with E-state index in [-0.39, 0.29) is 5.91 Å². The molecule has 1 fully saturated rings. The van der Waals surface area contributed by atoms with Gasteiger partial charge in [0.15, 0.2) is 0 Å². The highest BCUT2D eigenvalue weighted by Gasteiger charge is 2.22. The average molecular weight is 384 g/mol. The molecular formula is C15H18BrN3O2S. The minimum atomic E-state index is -0.113. The molecule has 1 amide bonds. The lowest BCUT2D eigenvalue weighted by Crippen LogP contribution is -2.33. The Morgan fingerprint density at radius 2 is 2.23 bits per heavy atom. The van der Waals surface area contributed by atoms with Crippen molar-refractivity contribution in [1.29, 1.82) is 0 Å². The summed E-state index contributed by atoms with van der Waals surface area (Å²) in [5, 5.41) is 7.03. The van der Waals surface area contributed by atoms with Crippen LogP contribution in [-0.2, 0) is 0 Å². The zero-order valence-corrected chi connectivity index (χ0v) is 14.8. The van der Waals surface area contributed by atoms with E-state index >= 15 is 0 Å². The van der Waals surface area contributed by atoms with Crippen molar-refractivity contribution in [1.82, 2.24) is 15.4 Å². The van der Waals surface area contributed by atoms with E-state index < -0.39 is 0 Å². The van der Waals surface area contributed by atoms with Gasteiger partial charge in [-0.1, -0.05) is 5.16 Å². The Balaban J connectivity index is 1.68. The number of carbonyl (C=O) groups excluding carboxylic acids is 1. The summed E-state index contributed by atoms with van der Waals surface area (Å²) >= 11 is 4.97. The molecule has 5 nitrogen and oxygen atoms in total. The van der Waals surface area contributed by atoms with Crippen molar-refractivity contribution in [2.75, 3.05) is 26.2 Å². The van der Waals surface area contributed by atoms with Crippen LogP contribution in [0.2, 0.25) is 0 Å². The lowest BCUT2D eigenvalue weighted by Gasteiger charge is -2.14. The fourth-order valence-electron chi connectivity index (χ4n) is 2.67. The number of amides is 1. The number of hydrogen-bond acceptors (Lipinski definition) is 5. The minimum absolute atomic E-state index is 0.113. The molecule has 2 aromatic heterocycles. The highest BCUT2D eigenvalue weighted by molar-refractivity contribution is 9.11. The van der Waals surface area contributed by atoms with Crippen molar-refractivity contribution in [3.8, 4) is 10.6 Å². The van der Waals surface area contributed by atoms with Gasteiger partial charge in [-0.25, -0.2) is 0 Å². The van der Waals surface area contributed by atoms with E-state index in [2.05, 4.69) is 31.3 Å². The Bertz CT molecular complexity index is 662. The van der Waals surface area contributed by atoms with Crippen molar-refractivity contribution in [2.24, 2.45) is 0 Å². The number of nitrogens with one attached hydrogen (secondary N) is 1. The summed E-state index contributed by atoms with van der Waals surface area (Å²) in [4.78, 5) is 15.8. The Morgan fingerprint density at radius 1 is 1.45 bits per heavy atom. The topological polar surface area (TPSA) is 58.4 Å². The third-order valence-electron chi connectivity index (χ3n) is 3.81. The van der Waals surface area contributed by atoms with Crippen molar-refractivity contribution in [3.63, 3.8) is 0 Å². The Kier molecular flexibility index (Phi) is 4.95. The van der Waals surface area contributed by atoms with Crippen LogP contribution >= 0.6 is 27.3 Å². The van der Waals surface area contributed by atoms with Gasteiger partial charge >= 0.3 is 0 Å². The molecule has 0 radical (unpaired) electrons. The van der Waals surface area contributed by atoms with Crippen molar-refractivity contribution in [3.05, 3.63) is 27.2 Å². The Morgan fingerprint density at radius 3 is 2.91 bits per heavy atom. The second kappa shape index (κ2) is 6.93. The smallest absolute Gasteiger partial charge is 0.257 e. The number of likely N-dealkylation sites (tertiary alicyclic amines) is 1. The van der Waals surface area contributed by atoms with E-state index in [4.69, 9.17) is 4.52 Å². The molecule has 0 unspecified atom stereocenters. The molecule has 22 heavy (non-hydrogen) atoms. The highest BCUT2D eigenvalue weighted by Crippen LogP contribution is 2.33. The standard InChI is InChI=1S/C15H18BrN3O2S/c1-10-13(14(18-21-10)11-4-5-12(16)22-11)15(20)17-6-9-19-7-2-3-8-19/h4-5H,2-3,6-9H2,1H3,(H,17,20). The lowest BCUT2D eigenvalue weighted by molar-refractivity contribution is 0.0949. The molecule has 0 bridgehead atoms. The number of nitrogens with zero attached hydrogens (tertiary/aromatic N) is 2. The number of halogens is 1. The third-order valence-corrected chi connectivity index (χ3v) is 5.44. The number of thiophene rings is 1. The van der Waals surface area contributed by atoms with Gasteiger partial charge in [-0.2, -0.15) is 0 Å². The average Bonchev–Trinajstić information content (AvgIpc) is 3.20. The number of rotatable bonds is 5. The maximum Gasteiger partial charge on any atom is 0.257 e. The summed E-state index contributed by atoms with van der Waals surface area (Å²) < 4.78 is 6.23. The summed E-state index contributed by atoms with van der Waals surface area (Å²) in [6.45, 7) is 5.59. The monoisotopic (exact) mass is 383 g/mol. The molecule has 0 aromatic carbocycles. The van der Waals surface area contributed by atoms with Gasteiger partial charge < -0.3 is 14.7 Å². The molecule has 3 rings (SSSR count). The third kappa shape index (κ3) is 3.42. The molecule has 0 atom stereocenters. The summed E-state index contributed by atoms with van der Waals surface area (Å²) in [5.74, 6) is 0.440. The van der Waals surface area contributed by atoms with Gasteiger partial charge in [-0.15, -0.1) is 11.3 Å². The fourth-order valence-corrected chi connectivity index (χ4v) is 4.05. The van der Waals surface area contributed by atoms with E-state index in [0.29, 0.717) is 23.6 Å². The predicted octanol–water partition coefficient (Wildman–Crippen LogP) is 3.30. The van der Waals surface area contributed by atoms with Crippen LogP contribution in [0.15, 0.2) is 20.4 Å². The van der Waals surface area contributed by atoms with Crippen LogP contribution in [0.5, 0.6) is 0 Å². The number of aryl methyl sites for hydroxylation is 1. The van der Waals surface area contributed by atoms with E-state index in [1.807, 2.05) is 12.1 Å². The summed E-state index contributed by atoms with van der Waals surface area (Å²) in [5.41, 5.74) is 1.16. The molecule has 1 aliphatic heterocycles. The number of aromatic nitrogens is 1. The van der Waals surface area contributed by atoms with E-state index in [1.54, 1.807) is 6.92 Å². The van der Waals surface area contributed by atoms with Crippen LogP contribution in [0.3, 0.4) is 0 Å². The second-order valence-electron chi connectivity index (χ2n) is 5.37. The molecule has 2 aromatic rings. The molecule has 0 spiro atoms.